The van der Waals surface area contributed by atoms with E-state index in [0.717, 1.165) is 48.1 Å². The van der Waals surface area contributed by atoms with Gasteiger partial charge in [0, 0.05) is 24.9 Å². The van der Waals surface area contributed by atoms with Gasteiger partial charge in [0.25, 0.3) is 0 Å². The average molecular weight is 331 g/mol. The van der Waals surface area contributed by atoms with Crippen LogP contribution in [0.2, 0.25) is 0 Å². The minimum absolute atomic E-state index is 0.0431. The fraction of sp³-hybridized carbons (Fsp3) is 0.500. The van der Waals surface area contributed by atoms with Gasteiger partial charge in [-0.3, -0.25) is 4.79 Å². The van der Waals surface area contributed by atoms with Gasteiger partial charge in [-0.25, -0.2) is 15.0 Å². The molecule has 7 heteroatoms. The number of carbonyl (C=O) groups is 1. The maximum Gasteiger partial charge on any atom is 0.220 e. The molecular weight excluding hydrogens is 310 g/mol. The van der Waals surface area contributed by atoms with E-state index >= 15 is 0 Å². The number of piperidine rings is 1. The largest absolute Gasteiger partial charge is 0.334 e. The van der Waals surface area contributed by atoms with Gasteiger partial charge in [0.1, 0.15) is 11.6 Å². The summed E-state index contributed by atoms with van der Waals surface area (Å²) in [7, 11) is 0. The summed E-state index contributed by atoms with van der Waals surface area (Å²) in [6, 6.07) is 1.98. The number of hydrogen-bond acceptors (Lipinski definition) is 6. The third-order valence-electron chi connectivity index (χ3n) is 3.96. The van der Waals surface area contributed by atoms with Gasteiger partial charge in [-0.2, -0.15) is 0 Å². The van der Waals surface area contributed by atoms with Crippen LogP contribution in [0.5, 0.6) is 0 Å². The number of rotatable bonds is 3. The lowest BCUT2D eigenvalue weighted by Gasteiger charge is -2.34. The van der Waals surface area contributed by atoms with Crippen molar-refractivity contribution in [3.8, 4) is 0 Å². The topological polar surface area (TPSA) is 71.0 Å². The molecule has 2 aromatic rings. The highest BCUT2D eigenvalue weighted by molar-refractivity contribution is 7.13. The second-order valence-corrected chi connectivity index (χ2v) is 6.73. The summed E-state index contributed by atoms with van der Waals surface area (Å²) in [4.78, 5) is 27.2. The lowest BCUT2D eigenvalue weighted by Crippen LogP contribution is -2.37. The number of aryl methyl sites for hydroxylation is 2. The summed E-state index contributed by atoms with van der Waals surface area (Å²) < 4.78 is 0. The van der Waals surface area contributed by atoms with Crippen molar-refractivity contribution in [1.29, 1.82) is 0 Å². The van der Waals surface area contributed by atoms with Crippen molar-refractivity contribution in [3.63, 3.8) is 0 Å². The molecule has 6 nitrogen and oxygen atoms in total. The van der Waals surface area contributed by atoms with Crippen LogP contribution in [0.15, 0.2) is 11.4 Å². The van der Waals surface area contributed by atoms with E-state index in [4.69, 9.17) is 0 Å². The molecule has 1 N–H and O–H groups in total. The third kappa shape index (κ3) is 3.67. The van der Waals surface area contributed by atoms with Crippen LogP contribution >= 0.6 is 11.3 Å². The normalized spacial score (nSPS) is 18.0. The van der Waals surface area contributed by atoms with Gasteiger partial charge < -0.3 is 10.2 Å². The summed E-state index contributed by atoms with van der Waals surface area (Å²) in [5, 5.41) is 6.06. The molecule has 1 unspecified atom stereocenters. The van der Waals surface area contributed by atoms with E-state index in [0.29, 0.717) is 5.82 Å². The smallest absolute Gasteiger partial charge is 0.220 e. The molecular formula is C16H21N5OS. The Morgan fingerprint density at radius 2 is 2.13 bits per heavy atom. The number of thiazole rings is 1. The van der Waals surface area contributed by atoms with Crippen molar-refractivity contribution in [2.75, 3.05) is 11.9 Å². The maximum absolute atomic E-state index is 11.9. The molecule has 1 saturated heterocycles. The first-order valence-electron chi connectivity index (χ1n) is 7.85. The Kier molecular flexibility index (Phi) is 4.56. The molecule has 0 aromatic carbocycles. The maximum atomic E-state index is 11.9. The van der Waals surface area contributed by atoms with Crippen molar-refractivity contribution in [1.82, 2.24) is 19.9 Å². The van der Waals surface area contributed by atoms with Crippen molar-refractivity contribution < 1.29 is 4.79 Å². The Morgan fingerprint density at radius 3 is 2.83 bits per heavy atom. The minimum Gasteiger partial charge on any atom is -0.334 e. The molecule has 122 valence electrons. The van der Waals surface area contributed by atoms with Crippen LogP contribution in [-0.4, -0.2) is 32.3 Å². The highest BCUT2D eigenvalue weighted by Gasteiger charge is 2.27. The molecule has 1 amide bonds. The van der Waals surface area contributed by atoms with Crippen LogP contribution in [0.3, 0.4) is 0 Å². The Bertz CT molecular complexity index is 714. The number of likely N-dealkylation sites (tertiary alicyclic amines) is 1. The van der Waals surface area contributed by atoms with Crippen LogP contribution in [0.4, 0.5) is 10.9 Å². The number of carbonyl (C=O) groups excluding carboxylic acids is 1. The van der Waals surface area contributed by atoms with Crippen LogP contribution in [-0.2, 0) is 4.79 Å². The SMILES string of the molecule is CC(=O)N1CCCCC1c1cc(Nc2nc(C)cs2)nc(C)n1. The van der Waals surface area contributed by atoms with Gasteiger partial charge in [-0.15, -0.1) is 11.3 Å². The molecule has 0 aliphatic carbocycles. The second kappa shape index (κ2) is 6.62. The van der Waals surface area contributed by atoms with E-state index in [9.17, 15) is 4.79 Å². The number of amides is 1. The molecule has 3 rings (SSSR count). The summed E-state index contributed by atoms with van der Waals surface area (Å²) in [6.45, 7) is 6.27. The Hall–Kier alpha value is -2.02. The zero-order valence-corrected chi connectivity index (χ0v) is 14.5. The summed E-state index contributed by atoms with van der Waals surface area (Å²) in [5.41, 5.74) is 1.89. The molecule has 2 aromatic heterocycles. The number of nitrogens with one attached hydrogen (secondary N) is 1. The molecule has 0 radical (unpaired) electrons. The van der Waals surface area contributed by atoms with Crippen LogP contribution in [0, 0.1) is 13.8 Å². The molecule has 1 aliphatic rings. The predicted molar refractivity (Wildman–Crippen MR) is 90.9 cm³/mol. The van der Waals surface area contributed by atoms with E-state index in [1.54, 1.807) is 18.3 Å². The second-order valence-electron chi connectivity index (χ2n) is 5.87. The fourth-order valence-corrected chi connectivity index (χ4v) is 3.66. The van der Waals surface area contributed by atoms with E-state index in [1.165, 1.54) is 0 Å². The third-order valence-corrected chi connectivity index (χ3v) is 4.84. The molecule has 0 spiro atoms. The van der Waals surface area contributed by atoms with Gasteiger partial charge in [-0.05, 0) is 33.1 Å². The molecule has 1 aliphatic heterocycles. The highest BCUT2D eigenvalue weighted by atomic mass is 32.1. The lowest BCUT2D eigenvalue weighted by atomic mass is 9.99. The Labute approximate surface area is 140 Å². The molecule has 0 saturated carbocycles. The zero-order valence-electron chi connectivity index (χ0n) is 13.7. The van der Waals surface area contributed by atoms with Crippen LogP contribution in [0.1, 0.15) is 49.4 Å². The zero-order chi connectivity index (χ0) is 16.4. The monoisotopic (exact) mass is 331 g/mol. The standard InChI is InChI=1S/C16H21N5OS/c1-10-9-23-16(17-10)20-15-8-13(18-11(2)19-15)14-6-4-5-7-21(14)12(3)22/h8-9,14H,4-7H2,1-3H3,(H,17,18,19,20). The first-order valence-corrected chi connectivity index (χ1v) is 8.73. The highest BCUT2D eigenvalue weighted by Crippen LogP contribution is 2.31. The summed E-state index contributed by atoms with van der Waals surface area (Å²) >= 11 is 1.55. The predicted octanol–water partition coefficient (Wildman–Crippen LogP) is 3.37. The summed E-state index contributed by atoms with van der Waals surface area (Å²) in [6.07, 6.45) is 3.13. The van der Waals surface area contributed by atoms with Crippen LogP contribution < -0.4 is 5.32 Å². The molecule has 1 fully saturated rings. The van der Waals surface area contributed by atoms with E-state index < -0.39 is 0 Å². The molecule has 23 heavy (non-hydrogen) atoms. The van der Waals surface area contributed by atoms with E-state index in [2.05, 4.69) is 20.3 Å². The van der Waals surface area contributed by atoms with Gasteiger partial charge in [0.2, 0.25) is 5.91 Å². The van der Waals surface area contributed by atoms with Gasteiger partial charge in [0.05, 0.1) is 17.4 Å². The number of aromatic nitrogens is 3. The number of anilines is 2. The van der Waals surface area contributed by atoms with Gasteiger partial charge >= 0.3 is 0 Å². The summed E-state index contributed by atoms with van der Waals surface area (Å²) in [5.74, 6) is 1.54. The fourth-order valence-electron chi connectivity index (χ4n) is 2.96. The lowest BCUT2D eigenvalue weighted by molar-refractivity contribution is -0.132. The quantitative estimate of drug-likeness (QED) is 0.933. The van der Waals surface area contributed by atoms with Crippen molar-refractivity contribution in [3.05, 3.63) is 28.7 Å². The van der Waals surface area contributed by atoms with Crippen molar-refractivity contribution in [2.24, 2.45) is 0 Å². The average Bonchev–Trinajstić information content (AvgIpc) is 2.91. The first kappa shape index (κ1) is 15.9. The van der Waals surface area contributed by atoms with Gasteiger partial charge in [0.15, 0.2) is 5.13 Å². The minimum atomic E-state index is 0.0431. The van der Waals surface area contributed by atoms with E-state index in [1.807, 2.05) is 30.2 Å². The number of hydrogen-bond donors (Lipinski definition) is 1. The van der Waals surface area contributed by atoms with Crippen molar-refractivity contribution in [2.45, 2.75) is 46.1 Å². The van der Waals surface area contributed by atoms with Crippen molar-refractivity contribution >= 4 is 28.2 Å². The molecule has 3 heterocycles. The Balaban J connectivity index is 1.88. The van der Waals surface area contributed by atoms with E-state index in [-0.39, 0.29) is 11.9 Å². The van der Waals surface area contributed by atoms with Gasteiger partial charge in [-0.1, -0.05) is 0 Å². The molecule has 0 bridgehead atoms. The Morgan fingerprint density at radius 1 is 1.30 bits per heavy atom. The van der Waals surface area contributed by atoms with Crippen LogP contribution in [0.25, 0.3) is 0 Å². The number of nitrogens with zero attached hydrogens (tertiary/aromatic N) is 4. The molecule has 1 atom stereocenters. The first-order chi connectivity index (χ1) is 11.0.